The number of hydrogen-bond acceptors (Lipinski definition) is 4. The molecule has 0 saturated heterocycles. The highest BCUT2D eigenvalue weighted by Crippen LogP contribution is 2.36. The van der Waals surface area contributed by atoms with Crippen LogP contribution in [0.15, 0.2) is 54.0 Å². The SMILES string of the molecule is O=C(O)c1sc2nc(-c3ccccc3)cn2c1-c1cccs1. The quantitative estimate of drug-likeness (QED) is 0.603. The van der Waals surface area contributed by atoms with Crippen LogP contribution < -0.4 is 0 Å². The van der Waals surface area contributed by atoms with E-state index in [1.807, 2.05) is 58.4 Å². The maximum absolute atomic E-state index is 11.5. The van der Waals surface area contributed by atoms with Crippen molar-refractivity contribution in [1.29, 1.82) is 0 Å². The second-order valence-electron chi connectivity index (χ2n) is 4.71. The Morgan fingerprint density at radius 2 is 1.95 bits per heavy atom. The monoisotopic (exact) mass is 326 g/mol. The number of carboxylic acids is 1. The van der Waals surface area contributed by atoms with Gasteiger partial charge in [0.1, 0.15) is 4.88 Å². The van der Waals surface area contributed by atoms with Gasteiger partial charge < -0.3 is 5.11 Å². The Hall–Kier alpha value is -2.44. The third-order valence-corrected chi connectivity index (χ3v) is 5.26. The third kappa shape index (κ3) is 2.04. The van der Waals surface area contributed by atoms with Crippen LogP contribution >= 0.6 is 22.7 Å². The Bertz CT molecular complexity index is 953. The molecule has 22 heavy (non-hydrogen) atoms. The number of nitrogens with zero attached hydrogens (tertiary/aromatic N) is 2. The molecule has 0 aliphatic carbocycles. The normalized spacial score (nSPS) is 11.1. The van der Waals surface area contributed by atoms with Crippen molar-refractivity contribution in [2.75, 3.05) is 0 Å². The second-order valence-corrected chi connectivity index (χ2v) is 6.63. The van der Waals surface area contributed by atoms with E-state index >= 15 is 0 Å². The van der Waals surface area contributed by atoms with Gasteiger partial charge in [-0.2, -0.15) is 0 Å². The van der Waals surface area contributed by atoms with Gasteiger partial charge in [-0.25, -0.2) is 9.78 Å². The maximum atomic E-state index is 11.5. The Balaban J connectivity index is 1.97. The molecule has 3 aromatic heterocycles. The average molecular weight is 326 g/mol. The number of imidazole rings is 1. The molecular weight excluding hydrogens is 316 g/mol. The summed E-state index contributed by atoms with van der Waals surface area (Å²) in [7, 11) is 0. The molecule has 0 spiro atoms. The summed E-state index contributed by atoms with van der Waals surface area (Å²) in [6.45, 7) is 0. The van der Waals surface area contributed by atoms with Gasteiger partial charge in [0.15, 0.2) is 4.96 Å². The molecule has 6 heteroatoms. The zero-order valence-corrected chi connectivity index (χ0v) is 12.9. The van der Waals surface area contributed by atoms with Crippen LogP contribution in [0.25, 0.3) is 26.8 Å². The van der Waals surface area contributed by atoms with E-state index in [0.717, 1.165) is 16.1 Å². The highest BCUT2D eigenvalue weighted by molar-refractivity contribution is 7.20. The topological polar surface area (TPSA) is 54.6 Å². The molecule has 0 aliphatic heterocycles. The number of hydrogen-bond donors (Lipinski definition) is 1. The number of aromatic nitrogens is 2. The molecule has 1 aromatic carbocycles. The lowest BCUT2D eigenvalue weighted by Gasteiger charge is -1.98. The molecule has 0 bridgehead atoms. The lowest BCUT2D eigenvalue weighted by atomic mass is 10.2. The molecule has 4 rings (SSSR count). The van der Waals surface area contributed by atoms with E-state index in [9.17, 15) is 9.90 Å². The van der Waals surface area contributed by atoms with Gasteiger partial charge in [0.25, 0.3) is 0 Å². The molecule has 0 amide bonds. The molecule has 4 nitrogen and oxygen atoms in total. The van der Waals surface area contributed by atoms with Crippen LogP contribution in [0.5, 0.6) is 0 Å². The Morgan fingerprint density at radius 3 is 2.64 bits per heavy atom. The van der Waals surface area contributed by atoms with Crippen molar-refractivity contribution in [3.8, 4) is 21.8 Å². The molecule has 0 radical (unpaired) electrons. The van der Waals surface area contributed by atoms with Crippen LogP contribution in [-0.2, 0) is 0 Å². The molecule has 0 atom stereocenters. The summed E-state index contributed by atoms with van der Waals surface area (Å²) in [5.41, 5.74) is 2.58. The van der Waals surface area contributed by atoms with Crippen LogP contribution in [0.2, 0.25) is 0 Å². The molecule has 4 aromatic rings. The van der Waals surface area contributed by atoms with Gasteiger partial charge in [0.2, 0.25) is 0 Å². The van der Waals surface area contributed by atoms with Crippen molar-refractivity contribution < 1.29 is 9.90 Å². The molecular formula is C16H10N2O2S2. The molecule has 0 saturated carbocycles. The minimum Gasteiger partial charge on any atom is -0.477 e. The van der Waals surface area contributed by atoms with Gasteiger partial charge >= 0.3 is 5.97 Å². The fraction of sp³-hybridized carbons (Fsp3) is 0. The minimum atomic E-state index is -0.917. The Labute approximate surface area is 133 Å². The van der Waals surface area contributed by atoms with Crippen LogP contribution in [0.1, 0.15) is 9.67 Å². The highest BCUT2D eigenvalue weighted by Gasteiger charge is 2.22. The van der Waals surface area contributed by atoms with Crippen molar-refractivity contribution in [2.45, 2.75) is 0 Å². The number of fused-ring (bicyclic) bond motifs is 1. The zero-order chi connectivity index (χ0) is 15.1. The summed E-state index contributed by atoms with van der Waals surface area (Å²) in [4.78, 5) is 18.0. The molecule has 0 fully saturated rings. The number of thiazole rings is 1. The van der Waals surface area contributed by atoms with Gasteiger partial charge in [-0.1, -0.05) is 47.7 Å². The second kappa shape index (κ2) is 5.08. The summed E-state index contributed by atoms with van der Waals surface area (Å²) in [5.74, 6) is -0.917. The van der Waals surface area contributed by atoms with Crippen molar-refractivity contribution in [3.05, 3.63) is 58.9 Å². The number of thiophene rings is 1. The van der Waals surface area contributed by atoms with Gasteiger partial charge in [-0.15, -0.1) is 11.3 Å². The largest absolute Gasteiger partial charge is 0.477 e. The van der Waals surface area contributed by atoms with Crippen LogP contribution in [0, 0.1) is 0 Å². The fourth-order valence-corrected chi connectivity index (χ4v) is 4.18. The predicted octanol–water partition coefficient (Wildman–Crippen LogP) is 4.49. The molecule has 0 aliphatic rings. The van der Waals surface area contributed by atoms with E-state index in [-0.39, 0.29) is 0 Å². The van der Waals surface area contributed by atoms with E-state index in [1.165, 1.54) is 22.7 Å². The van der Waals surface area contributed by atoms with E-state index in [4.69, 9.17) is 0 Å². The van der Waals surface area contributed by atoms with E-state index in [0.29, 0.717) is 15.5 Å². The van der Waals surface area contributed by atoms with Crippen LogP contribution in [0.3, 0.4) is 0 Å². The first-order valence-electron chi connectivity index (χ1n) is 6.58. The van der Waals surface area contributed by atoms with Crippen LogP contribution in [0.4, 0.5) is 0 Å². The number of carbonyl (C=O) groups is 1. The van der Waals surface area contributed by atoms with Gasteiger partial charge in [-0.05, 0) is 11.4 Å². The molecule has 0 unspecified atom stereocenters. The van der Waals surface area contributed by atoms with E-state index in [1.54, 1.807) is 0 Å². The minimum absolute atomic E-state index is 0.324. The zero-order valence-electron chi connectivity index (χ0n) is 11.3. The van der Waals surface area contributed by atoms with Crippen molar-refractivity contribution in [3.63, 3.8) is 0 Å². The molecule has 3 heterocycles. The van der Waals surface area contributed by atoms with E-state index in [2.05, 4.69) is 4.98 Å². The first-order chi connectivity index (χ1) is 10.7. The fourth-order valence-electron chi connectivity index (χ4n) is 2.38. The Kier molecular flexibility index (Phi) is 3.06. The van der Waals surface area contributed by atoms with Crippen molar-refractivity contribution in [1.82, 2.24) is 9.38 Å². The summed E-state index contributed by atoms with van der Waals surface area (Å²) in [6, 6.07) is 13.7. The maximum Gasteiger partial charge on any atom is 0.348 e. The summed E-state index contributed by atoms with van der Waals surface area (Å²) in [5, 5.41) is 11.4. The number of rotatable bonds is 3. The Morgan fingerprint density at radius 1 is 1.14 bits per heavy atom. The van der Waals surface area contributed by atoms with E-state index < -0.39 is 5.97 Å². The standard InChI is InChI=1S/C16H10N2O2S2/c19-15(20)14-13(12-7-4-8-21-12)18-9-11(17-16(18)22-14)10-5-2-1-3-6-10/h1-9H,(H,19,20). The van der Waals surface area contributed by atoms with Crippen molar-refractivity contribution >= 4 is 33.6 Å². The van der Waals surface area contributed by atoms with Crippen LogP contribution in [-0.4, -0.2) is 20.5 Å². The smallest absolute Gasteiger partial charge is 0.348 e. The highest BCUT2D eigenvalue weighted by atomic mass is 32.1. The summed E-state index contributed by atoms with van der Waals surface area (Å²) in [6.07, 6.45) is 1.91. The molecule has 108 valence electrons. The molecule has 1 N–H and O–H groups in total. The predicted molar refractivity (Wildman–Crippen MR) is 88.8 cm³/mol. The lowest BCUT2D eigenvalue weighted by Crippen LogP contribution is -1.96. The van der Waals surface area contributed by atoms with Gasteiger partial charge in [0.05, 0.1) is 16.3 Å². The first kappa shape index (κ1) is 13.2. The first-order valence-corrected chi connectivity index (χ1v) is 8.28. The van der Waals surface area contributed by atoms with Gasteiger partial charge in [-0.3, -0.25) is 4.40 Å². The van der Waals surface area contributed by atoms with Gasteiger partial charge in [0, 0.05) is 11.8 Å². The lowest BCUT2D eigenvalue weighted by molar-refractivity contribution is 0.0702. The van der Waals surface area contributed by atoms with Crippen molar-refractivity contribution in [2.24, 2.45) is 0 Å². The number of carboxylic acid groups (broad SMARTS) is 1. The number of benzene rings is 1. The summed E-state index contributed by atoms with van der Waals surface area (Å²) >= 11 is 2.73. The average Bonchev–Trinajstić information content (AvgIpc) is 3.22. The third-order valence-electron chi connectivity index (χ3n) is 3.34. The summed E-state index contributed by atoms with van der Waals surface area (Å²) < 4.78 is 1.88. The number of aromatic carboxylic acids is 1.